The van der Waals surface area contributed by atoms with Gasteiger partial charge in [0.05, 0.1) is 11.1 Å². The molecule has 224 valence electrons. The van der Waals surface area contributed by atoms with E-state index in [0.717, 1.165) is 26.1 Å². The van der Waals surface area contributed by atoms with E-state index in [9.17, 15) is 18.4 Å². The largest absolute Gasteiger partial charge is 0.355 e. The van der Waals surface area contributed by atoms with Gasteiger partial charge in [-0.25, -0.2) is 8.78 Å². The number of likely N-dealkylation sites (tertiary alicyclic amines) is 1. The number of nitrogens with one attached hydrogen (secondary N) is 3. The number of carbonyl (C=O) groups excluding carboxylic acids is 2. The lowest BCUT2D eigenvalue weighted by Crippen LogP contribution is -2.50. The van der Waals surface area contributed by atoms with Gasteiger partial charge in [-0.05, 0) is 80.1 Å². The molecule has 2 fully saturated rings. The minimum Gasteiger partial charge on any atom is -0.355 e. The van der Waals surface area contributed by atoms with Gasteiger partial charge in [-0.1, -0.05) is 62.7 Å². The van der Waals surface area contributed by atoms with E-state index in [4.69, 9.17) is 23.2 Å². The maximum Gasteiger partial charge on any atom is 0.237 e. The van der Waals surface area contributed by atoms with E-state index in [1.165, 1.54) is 31.1 Å². The highest BCUT2D eigenvalue weighted by Gasteiger charge is 2.65. The first-order chi connectivity index (χ1) is 19.4. The maximum atomic E-state index is 15.0. The minimum atomic E-state index is -1.35. The van der Waals surface area contributed by atoms with Crippen molar-refractivity contribution in [1.29, 1.82) is 0 Å². The van der Waals surface area contributed by atoms with Gasteiger partial charge in [-0.2, -0.15) is 0 Å². The molecule has 3 N–H and O–H groups in total. The summed E-state index contributed by atoms with van der Waals surface area (Å²) in [5.41, 5.74) is -0.271. The first kappa shape index (κ1) is 31.7. The smallest absolute Gasteiger partial charge is 0.237 e. The zero-order chi connectivity index (χ0) is 29.9. The van der Waals surface area contributed by atoms with Gasteiger partial charge in [0.25, 0.3) is 0 Å². The number of anilines is 1. The minimum absolute atomic E-state index is 0.00637. The number of amides is 2. The van der Waals surface area contributed by atoms with Gasteiger partial charge >= 0.3 is 0 Å². The third-order valence-electron chi connectivity index (χ3n) is 8.25. The standard InChI is InChI=1S/C31H40Cl2F2N4O2/c1-19(9-7-10-20(32)18-34)26-27(28(40)36-11-8-14-39-12-5-6-13-39)38-25(17-30(2,3)4)31(26)21-15-23(35)22(33)16-24(21)37-29(31)41/h7,9-10,15-16,25-27,38H,1,5-6,8,11-14,17-18H2,2-4H3,(H,36,40)(H,37,41)/b9-7-,20-10+/t25-,26+,27-,31+/m1/s1. The van der Waals surface area contributed by atoms with E-state index in [1.807, 2.05) is 0 Å². The molecule has 4 atom stereocenters. The van der Waals surface area contributed by atoms with Gasteiger partial charge in [-0.15, -0.1) is 0 Å². The van der Waals surface area contributed by atoms with Crippen molar-refractivity contribution in [2.45, 2.75) is 64.0 Å². The van der Waals surface area contributed by atoms with Gasteiger partial charge in [0.2, 0.25) is 11.8 Å². The second-order valence-corrected chi connectivity index (χ2v) is 13.3. The fourth-order valence-corrected chi connectivity index (χ4v) is 6.78. The highest BCUT2D eigenvalue weighted by atomic mass is 35.5. The lowest BCUT2D eigenvalue weighted by atomic mass is 9.62. The number of hydrogen-bond acceptors (Lipinski definition) is 4. The van der Waals surface area contributed by atoms with Crippen molar-refractivity contribution in [2.75, 3.05) is 38.2 Å². The van der Waals surface area contributed by atoms with Crippen LogP contribution >= 0.6 is 23.2 Å². The third-order valence-corrected chi connectivity index (χ3v) is 8.76. The van der Waals surface area contributed by atoms with Crippen LogP contribution in [-0.2, 0) is 15.0 Å². The Bertz CT molecular complexity index is 1240. The van der Waals surface area contributed by atoms with Gasteiger partial charge in [0, 0.05) is 29.2 Å². The molecule has 0 aliphatic carbocycles. The first-order valence-electron chi connectivity index (χ1n) is 14.2. The topological polar surface area (TPSA) is 73.5 Å². The summed E-state index contributed by atoms with van der Waals surface area (Å²) in [7, 11) is 0. The van der Waals surface area contributed by atoms with Crippen LogP contribution in [0.25, 0.3) is 0 Å². The van der Waals surface area contributed by atoms with Crippen LogP contribution in [0.5, 0.6) is 0 Å². The summed E-state index contributed by atoms with van der Waals surface area (Å²) < 4.78 is 27.9. The van der Waals surface area contributed by atoms with E-state index in [1.54, 1.807) is 12.2 Å². The molecular weight excluding hydrogens is 569 g/mol. The number of rotatable bonds is 10. The molecule has 4 rings (SSSR count). The Morgan fingerprint density at radius 2 is 2.00 bits per heavy atom. The van der Waals surface area contributed by atoms with Crippen LogP contribution in [0.3, 0.4) is 0 Å². The molecule has 6 nitrogen and oxygen atoms in total. The van der Waals surface area contributed by atoms with Crippen molar-refractivity contribution in [2.24, 2.45) is 11.3 Å². The average molecular weight is 610 g/mol. The molecule has 0 bridgehead atoms. The van der Waals surface area contributed by atoms with E-state index in [-0.39, 0.29) is 27.3 Å². The molecule has 0 unspecified atom stereocenters. The van der Waals surface area contributed by atoms with Crippen LogP contribution in [0.2, 0.25) is 5.02 Å². The lowest BCUT2D eigenvalue weighted by molar-refractivity contribution is -0.124. The molecule has 2 saturated heterocycles. The molecule has 0 radical (unpaired) electrons. The Labute approximate surface area is 251 Å². The van der Waals surface area contributed by atoms with Gasteiger partial charge in [-0.3, -0.25) is 9.59 Å². The van der Waals surface area contributed by atoms with E-state index < -0.39 is 35.9 Å². The SMILES string of the molecule is C=C(/C=C\C=C(\Cl)CF)[C@H]1[C@H](C(=O)NCCCN2CCCC2)N[C@H](CC(C)(C)C)[C@]12C(=O)Nc1cc(Cl)c(F)cc12. The number of halogens is 4. The predicted molar refractivity (Wildman–Crippen MR) is 161 cm³/mol. The zero-order valence-electron chi connectivity index (χ0n) is 24.0. The summed E-state index contributed by atoms with van der Waals surface area (Å²) in [6.45, 7) is 13.2. The third kappa shape index (κ3) is 6.71. The van der Waals surface area contributed by atoms with Crippen molar-refractivity contribution in [3.63, 3.8) is 0 Å². The number of fused-ring (bicyclic) bond motifs is 2. The Balaban J connectivity index is 1.74. The molecule has 1 spiro atoms. The van der Waals surface area contributed by atoms with Gasteiger partial charge in [0.15, 0.2) is 0 Å². The fourth-order valence-electron chi connectivity index (χ4n) is 6.54. The van der Waals surface area contributed by atoms with Crippen LogP contribution in [-0.4, -0.2) is 61.7 Å². The molecule has 3 aliphatic heterocycles. The summed E-state index contributed by atoms with van der Waals surface area (Å²) in [6.07, 6.45) is 8.32. The Morgan fingerprint density at radius 1 is 1.29 bits per heavy atom. The fraction of sp³-hybridized carbons (Fsp3) is 0.548. The molecule has 10 heteroatoms. The highest BCUT2D eigenvalue weighted by Crippen LogP contribution is 2.55. The molecule has 41 heavy (non-hydrogen) atoms. The monoisotopic (exact) mass is 608 g/mol. The zero-order valence-corrected chi connectivity index (χ0v) is 25.5. The van der Waals surface area contributed by atoms with Crippen molar-refractivity contribution in [3.8, 4) is 0 Å². The molecule has 1 aromatic carbocycles. The molecule has 3 heterocycles. The van der Waals surface area contributed by atoms with Crippen LogP contribution in [0.15, 0.2) is 47.5 Å². The van der Waals surface area contributed by atoms with Crippen LogP contribution < -0.4 is 16.0 Å². The summed E-state index contributed by atoms with van der Waals surface area (Å²) in [5.74, 6) is -2.03. The normalized spacial score (nSPS) is 26.7. The van der Waals surface area contributed by atoms with E-state index in [2.05, 4.69) is 48.2 Å². The maximum absolute atomic E-state index is 15.0. The Morgan fingerprint density at radius 3 is 2.66 bits per heavy atom. The van der Waals surface area contributed by atoms with Crippen molar-refractivity contribution < 1.29 is 18.4 Å². The van der Waals surface area contributed by atoms with Gasteiger partial charge < -0.3 is 20.9 Å². The Kier molecular flexibility index (Phi) is 10.00. The number of carbonyl (C=O) groups is 2. The van der Waals surface area contributed by atoms with E-state index >= 15 is 0 Å². The number of hydrogen-bond donors (Lipinski definition) is 3. The van der Waals surface area contributed by atoms with Crippen LogP contribution in [0.1, 0.15) is 52.0 Å². The highest BCUT2D eigenvalue weighted by molar-refractivity contribution is 6.31. The second-order valence-electron chi connectivity index (χ2n) is 12.4. The number of benzene rings is 1. The summed E-state index contributed by atoms with van der Waals surface area (Å²) in [5, 5.41) is 9.35. The molecule has 0 aromatic heterocycles. The molecule has 0 saturated carbocycles. The second kappa shape index (κ2) is 12.9. The van der Waals surface area contributed by atoms with Crippen molar-refractivity contribution >= 4 is 40.7 Å². The number of allylic oxidation sites excluding steroid dienone is 4. The quantitative estimate of drug-likeness (QED) is 0.229. The van der Waals surface area contributed by atoms with E-state index in [0.29, 0.717) is 29.8 Å². The summed E-state index contributed by atoms with van der Waals surface area (Å²) in [6, 6.07) is 1.36. The van der Waals surface area contributed by atoms with Crippen LogP contribution in [0.4, 0.5) is 14.5 Å². The van der Waals surface area contributed by atoms with Crippen LogP contribution in [0, 0.1) is 17.2 Å². The lowest BCUT2D eigenvalue weighted by Gasteiger charge is -2.37. The number of alkyl halides is 1. The average Bonchev–Trinajstić information content (AvgIpc) is 3.60. The summed E-state index contributed by atoms with van der Waals surface area (Å²) >= 11 is 11.9. The van der Waals surface area contributed by atoms with Crippen molar-refractivity contribution in [3.05, 3.63) is 63.9 Å². The number of nitrogens with zero attached hydrogens (tertiary/aromatic N) is 1. The first-order valence-corrected chi connectivity index (χ1v) is 15.0. The predicted octanol–water partition coefficient (Wildman–Crippen LogP) is 5.87. The molecular formula is C31H40Cl2F2N4O2. The summed E-state index contributed by atoms with van der Waals surface area (Å²) in [4.78, 5) is 30.3. The van der Waals surface area contributed by atoms with Gasteiger partial charge in [0.1, 0.15) is 17.9 Å². The van der Waals surface area contributed by atoms with Crippen molar-refractivity contribution in [1.82, 2.24) is 15.5 Å². The molecule has 3 aliphatic rings. The Hall–Kier alpha value is -2.26. The molecule has 2 amide bonds. The molecule has 1 aromatic rings.